The third kappa shape index (κ3) is 3.58. The van der Waals surface area contributed by atoms with Crippen molar-refractivity contribution in [3.8, 4) is 0 Å². The van der Waals surface area contributed by atoms with Crippen LogP contribution in [0.15, 0.2) is 45.8 Å². The van der Waals surface area contributed by atoms with Crippen molar-refractivity contribution in [1.82, 2.24) is 14.9 Å². The first-order chi connectivity index (χ1) is 12.0. The Morgan fingerprint density at radius 1 is 1.28 bits per heavy atom. The average Bonchev–Trinajstić information content (AvgIpc) is 2.94. The van der Waals surface area contributed by atoms with Crippen molar-refractivity contribution < 1.29 is 4.52 Å². The van der Waals surface area contributed by atoms with Crippen LogP contribution in [0.4, 0.5) is 5.69 Å². The SMILES string of the molecule is Cc1noc(C)c1C(C)Nc1cnn(Cc2ccccc2)c(=O)c1Cl. The van der Waals surface area contributed by atoms with Gasteiger partial charge in [0.15, 0.2) is 0 Å². The van der Waals surface area contributed by atoms with Gasteiger partial charge in [0, 0.05) is 5.56 Å². The van der Waals surface area contributed by atoms with Crippen LogP contribution < -0.4 is 10.9 Å². The Bertz CT molecular complexity index is 914. The summed E-state index contributed by atoms with van der Waals surface area (Å²) >= 11 is 6.27. The molecule has 0 aliphatic carbocycles. The lowest BCUT2D eigenvalue weighted by Crippen LogP contribution is -2.25. The van der Waals surface area contributed by atoms with E-state index in [-0.39, 0.29) is 16.6 Å². The van der Waals surface area contributed by atoms with Gasteiger partial charge in [-0.15, -0.1) is 0 Å². The molecule has 0 bridgehead atoms. The van der Waals surface area contributed by atoms with Crippen LogP contribution >= 0.6 is 11.6 Å². The summed E-state index contributed by atoms with van der Waals surface area (Å²) in [5.74, 6) is 0.735. The number of benzene rings is 1. The third-order valence-electron chi connectivity index (χ3n) is 4.05. The summed E-state index contributed by atoms with van der Waals surface area (Å²) in [5, 5.41) is 11.5. The molecule has 130 valence electrons. The lowest BCUT2D eigenvalue weighted by molar-refractivity contribution is 0.392. The number of hydrogen-bond acceptors (Lipinski definition) is 5. The molecule has 1 atom stereocenters. The van der Waals surface area contributed by atoms with Gasteiger partial charge in [-0.25, -0.2) is 4.68 Å². The van der Waals surface area contributed by atoms with Crippen LogP contribution in [0.1, 0.15) is 35.5 Å². The van der Waals surface area contributed by atoms with E-state index in [1.165, 1.54) is 4.68 Å². The smallest absolute Gasteiger partial charge is 0.287 e. The van der Waals surface area contributed by atoms with Crippen LogP contribution in [-0.4, -0.2) is 14.9 Å². The minimum absolute atomic E-state index is 0.115. The Kier molecular flexibility index (Phi) is 4.90. The van der Waals surface area contributed by atoms with Crippen molar-refractivity contribution in [3.63, 3.8) is 0 Å². The molecule has 1 unspecified atom stereocenters. The van der Waals surface area contributed by atoms with Crippen LogP contribution in [-0.2, 0) is 6.54 Å². The van der Waals surface area contributed by atoms with E-state index in [2.05, 4.69) is 15.6 Å². The molecule has 25 heavy (non-hydrogen) atoms. The monoisotopic (exact) mass is 358 g/mol. The normalized spacial score (nSPS) is 12.2. The van der Waals surface area contributed by atoms with E-state index in [0.717, 1.165) is 22.6 Å². The molecular formula is C18H19ClN4O2. The van der Waals surface area contributed by atoms with Crippen molar-refractivity contribution in [2.24, 2.45) is 0 Å². The van der Waals surface area contributed by atoms with Crippen LogP contribution in [0.5, 0.6) is 0 Å². The Labute approximate surface area is 150 Å². The molecule has 0 radical (unpaired) electrons. The van der Waals surface area contributed by atoms with E-state index in [1.807, 2.05) is 51.1 Å². The maximum absolute atomic E-state index is 12.5. The predicted molar refractivity (Wildman–Crippen MR) is 97.1 cm³/mol. The molecule has 7 heteroatoms. The van der Waals surface area contributed by atoms with Crippen molar-refractivity contribution in [3.05, 3.63) is 74.5 Å². The van der Waals surface area contributed by atoms with Gasteiger partial charge < -0.3 is 9.84 Å². The highest BCUT2D eigenvalue weighted by atomic mass is 35.5. The van der Waals surface area contributed by atoms with Gasteiger partial charge in [0.05, 0.1) is 30.2 Å². The first kappa shape index (κ1) is 17.2. The van der Waals surface area contributed by atoms with Crippen molar-refractivity contribution in [2.75, 3.05) is 5.32 Å². The highest BCUT2D eigenvalue weighted by molar-refractivity contribution is 6.32. The van der Waals surface area contributed by atoms with Gasteiger partial charge in [-0.1, -0.05) is 47.1 Å². The first-order valence-electron chi connectivity index (χ1n) is 7.96. The van der Waals surface area contributed by atoms with Crippen molar-refractivity contribution in [2.45, 2.75) is 33.4 Å². The quantitative estimate of drug-likeness (QED) is 0.752. The number of halogens is 1. The predicted octanol–water partition coefficient (Wildman–Crippen LogP) is 3.72. The Hall–Kier alpha value is -2.60. The standard InChI is InChI=1S/C18H19ClN4O2/c1-11(16-12(2)22-25-13(16)3)21-15-9-20-23(18(24)17(15)19)10-14-7-5-4-6-8-14/h4-9,11,21H,10H2,1-3H3. The molecule has 0 aliphatic rings. The summed E-state index contributed by atoms with van der Waals surface area (Å²) in [4.78, 5) is 12.5. The second-order valence-corrected chi connectivity index (χ2v) is 6.30. The van der Waals surface area contributed by atoms with Gasteiger partial charge in [0.2, 0.25) is 0 Å². The number of hydrogen-bond donors (Lipinski definition) is 1. The van der Waals surface area contributed by atoms with Crippen LogP contribution in [0.3, 0.4) is 0 Å². The Balaban J connectivity index is 1.84. The van der Waals surface area contributed by atoms with Crippen molar-refractivity contribution in [1.29, 1.82) is 0 Å². The van der Waals surface area contributed by atoms with Gasteiger partial charge in [0.1, 0.15) is 10.8 Å². The third-order valence-corrected chi connectivity index (χ3v) is 4.42. The first-order valence-corrected chi connectivity index (χ1v) is 8.34. The summed E-state index contributed by atoms with van der Waals surface area (Å²) in [6.45, 7) is 6.06. The molecule has 1 N–H and O–H groups in total. The molecule has 3 rings (SSSR count). The zero-order valence-corrected chi connectivity index (χ0v) is 15.0. The van der Waals surface area contributed by atoms with Crippen molar-refractivity contribution >= 4 is 17.3 Å². The molecule has 1 aromatic carbocycles. The van der Waals surface area contributed by atoms with Crippen LogP contribution in [0, 0.1) is 13.8 Å². The Morgan fingerprint density at radius 2 is 2.00 bits per heavy atom. The van der Waals surface area contributed by atoms with E-state index in [0.29, 0.717) is 12.2 Å². The van der Waals surface area contributed by atoms with E-state index < -0.39 is 0 Å². The Morgan fingerprint density at radius 3 is 2.64 bits per heavy atom. The lowest BCUT2D eigenvalue weighted by Gasteiger charge is -2.16. The molecule has 0 amide bonds. The minimum atomic E-state index is -0.332. The largest absolute Gasteiger partial charge is 0.376 e. The zero-order valence-electron chi connectivity index (χ0n) is 14.3. The molecule has 0 aliphatic heterocycles. The molecule has 6 nitrogen and oxygen atoms in total. The van der Waals surface area contributed by atoms with Gasteiger partial charge in [-0.05, 0) is 26.3 Å². The average molecular weight is 359 g/mol. The summed E-state index contributed by atoms with van der Waals surface area (Å²) in [7, 11) is 0. The fourth-order valence-electron chi connectivity index (χ4n) is 2.85. The van der Waals surface area contributed by atoms with Crippen LogP contribution in [0.25, 0.3) is 0 Å². The maximum Gasteiger partial charge on any atom is 0.287 e. The van der Waals surface area contributed by atoms with Gasteiger partial charge >= 0.3 is 0 Å². The summed E-state index contributed by atoms with van der Waals surface area (Å²) < 4.78 is 6.54. The fraction of sp³-hybridized carbons (Fsp3) is 0.278. The highest BCUT2D eigenvalue weighted by Gasteiger charge is 2.18. The number of aryl methyl sites for hydroxylation is 2. The number of aromatic nitrogens is 3. The second kappa shape index (κ2) is 7.11. The number of nitrogens with zero attached hydrogens (tertiary/aromatic N) is 3. The molecule has 2 heterocycles. The van der Waals surface area contributed by atoms with E-state index in [4.69, 9.17) is 16.1 Å². The number of rotatable bonds is 5. The van der Waals surface area contributed by atoms with E-state index in [1.54, 1.807) is 6.20 Å². The topological polar surface area (TPSA) is 73.0 Å². The molecule has 2 aromatic heterocycles. The molecule has 0 fully saturated rings. The van der Waals surface area contributed by atoms with E-state index >= 15 is 0 Å². The van der Waals surface area contributed by atoms with Gasteiger partial charge in [0.25, 0.3) is 5.56 Å². The lowest BCUT2D eigenvalue weighted by atomic mass is 10.1. The minimum Gasteiger partial charge on any atom is -0.376 e. The van der Waals surface area contributed by atoms with Crippen LogP contribution in [0.2, 0.25) is 5.02 Å². The molecule has 3 aromatic rings. The maximum atomic E-state index is 12.5. The second-order valence-electron chi connectivity index (χ2n) is 5.92. The summed E-state index contributed by atoms with van der Waals surface area (Å²) in [5.41, 5.74) is 2.89. The fourth-order valence-corrected chi connectivity index (χ4v) is 3.05. The molecule has 0 spiro atoms. The van der Waals surface area contributed by atoms with Gasteiger partial charge in [-0.3, -0.25) is 4.79 Å². The zero-order chi connectivity index (χ0) is 18.0. The molecule has 0 saturated heterocycles. The number of nitrogens with one attached hydrogen (secondary N) is 1. The highest BCUT2D eigenvalue weighted by Crippen LogP contribution is 2.26. The summed E-state index contributed by atoms with van der Waals surface area (Å²) in [6, 6.07) is 9.53. The van der Waals surface area contributed by atoms with E-state index in [9.17, 15) is 4.79 Å². The summed E-state index contributed by atoms with van der Waals surface area (Å²) in [6.07, 6.45) is 1.57. The molecular weight excluding hydrogens is 340 g/mol. The van der Waals surface area contributed by atoms with Gasteiger partial charge in [-0.2, -0.15) is 5.10 Å². The molecule has 0 saturated carbocycles. The number of anilines is 1.